The van der Waals surface area contributed by atoms with Crippen LogP contribution in [0.5, 0.6) is 0 Å². The SMILES string of the molecule is CC1(C)Cc2ccc(Cl)cc2C1Nc1ccccc1Br. The normalized spacial score (nSPS) is 19.7. The number of nitrogens with one attached hydrogen (secondary N) is 1. The summed E-state index contributed by atoms with van der Waals surface area (Å²) in [5, 5.41) is 4.48. The van der Waals surface area contributed by atoms with Gasteiger partial charge in [-0.25, -0.2) is 0 Å². The number of halogens is 2. The lowest BCUT2D eigenvalue weighted by Crippen LogP contribution is -2.24. The van der Waals surface area contributed by atoms with E-state index in [2.05, 4.69) is 59.4 Å². The van der Waals surface area contributed by atoms with Gasteiger partial charge < -0.3 is 5.32 Å². The Morgan fingerprint density at radius 3 is 2.70 bits per heavy atom. The Labute approximate surface area is 133 Å². The third kappa shape index (κ3) is 2.47. The molecule has 1 atom stereocenters. The number of fused-ring (bicyclic) bond motifs is 1. The monoisotopic (exact) mass is 349 g/mol. The third-order valence-corrected chi connectivity index (χ3v) is 4.95. The maximum atomic E-state index is 6.18. The molecule has 1 N–H and O–H groups in total. The maximum absolute atomic E-state index is 6.18. The molecule has 3 rings (SSSR count). The number of anilines is 1. The van der Waals surface area contributed by atoms with Gasteiger partial charge in [-0.2, -0.15) is 0 Å². The molecule has 0 heterocycles. The molecule has 0 bridgehead atoms. The first-order chi connectivity index (χ1) is 9.47. The largest absolute Gasteiger partial charge is 0.377 e. The number of hydrogen-bond acceptors (Lipinski definition) is 1. The van der Waals surface area contributed by atoms with Crippen LogP contribution in [0.2, 0.25) is 5.02 Å². The topological polar surface area (TPSA) is 12.0 Å². The predicted octanol–water partition coefficient (Wildman–Crippen LogP) is 5.84. The van der Waals surface area contributed by atoms with E-state index < -0.39 is 0 Å². The van der Waals surface area contributed by atoms with E-state index in [0.717, 1.165) is 21.6 Å². The Morgan fingerprint density at radius 1 is 1.20 bits per heavy atom. The van der Waals surface area contributed by atoms with Crippen LogP contribution in [0.25, 0.3) is 0 Å². The highest BCUT2D eigenvalue weighted by Gasteiger charge is 2.39. The molecule has 0 saturated carbocycles. The summed E-state index contributed by atoms with van der Waals surface area (Å²) in [4.78, 5) is 0. The van der Waals surface area contributed by atoms with Gasteiger partial charge in [-0.05, 0) is 63.2 Å². The molecule has 1 unspecified atom stereocenters. The second-order valence-corrected chi connectivity index (χ2v) is 7.36. The Morgan fingerprint density at radius 2 is 1.95 bits per heavy atom. The van der Waals surface area contributed by atoms with Gasteiger partial charge in [0, 0.05) is 15.2 Å². The molecule has 20 heavy (non-hydrogen) atoms. The summed E-state index contributed by atoms with van der Waals surface area (Å²) >= 11 is 9.79. The maximum Gasteiger partial charge on any atom is 0.0571 e. The highest BCUT2D eigenvalue weighted by atomic mass is 79.9. The molecular formula is C17H17BrClN. The summed E-state index contributed by atoms with van der Waals surface area (Å²) in [5.41, 5.74) is 4.00. The van der Waals surface area contributed by atoms with E-state index in [1.807, 2.05) is 18.2 Å². The second-order valence-electron chi connectivity index (χ2n) is 6.07. The second kappa shape index (κ2) is 5.09. The van der Waals surface area contributed by atoms with Gasteiger partial charge in [0.25, 0.3) is 0 Å². The predicted molar refractivity (Wildman–Crippen MR) is 89.4 cm³/mol. The minimum Gasteiger partial charge on any atom is -0.377 e. The van der Waals surface area contributed by atoms with Gasteiger partial charge in [0.1, 0.15) is 0 Å². The van der Waals surface area contributed by atoms with Crippen LogP contribution in [0.3, 0.4) is 0 Å². The standard InChI is InChI=1S/C17H17BrClN/c1-17(2)10-11-7-8-12(19)9-13(11)16(17)20-15-6-4-3-5-14(15)18/h3-9,16,20H,10H2,1-2H3. The van der Waals surface area contributed by atoms with Crippen LogP contribution >= 0.6 is 27.5 Å². The van der Waals surface area contributed by atoms with E-state index in [1.165, 1.54) is 11.1 Å². The van der Waals surface area contributed by atoms with Crippen molar-refractivity contribution in [1.82, 2.24) is 0 Å². The Hall–Kier alpha value is -0.990. The van der Waals surface area contributed by atoms with E-state index in [-0.39, 0.29) is 11.5 Å². The smallest absolute Gasteiger partial charge is 0.0571 e. The van der Waals surface area contributed by atoms with E-state index in [0.29, 0.717) is 0 Å². The first kappa shape index (κ1) is 14.0. The van der Waals surface area contributed by atoms with Crippen LogP contribution < -0.4 is 5.32 Å². The fourth-order valence-electron chi connectivity index (χ4n) is 3.02. The molecule has 2 aromatic rings. The van der Waals surface area contributed by atoms with Crippen molar-refractivity contribution in [2.24, 2.45) is 5.41 Å². The van der Waals surface area contributed by atoms with Crippen molar-refractivity contribution in [3.8, 4) is 0 Å². The number of rotatable bonds is 2. The summed E-state index contributed by atoms with van der Waals surface area (Å²) in [6, 6.07) is 14.7. The Balaban J connectivity index is 2.00. The van der Waals surface area contributed by atoms with Crippen LogP contribution in [0, 0.1) is 5.41 Å². The minimum absolute atomic E-state index is 0.169. The van der Waals surface area contributed by atoms with Crippen LogP contribution in [0.4, 0.5) is 5.69 Å². The van der Waals surface area contributed by atoms with Crippen LogP contribution in [0.15, 0.2) is 46.9 Å². The lowest BCUT2D eigenvalue weighted by molar-refractivity contribution is 0.337. The van der Waals surface area contributed by atoms with Gasteiger partial charge in [0.05, 0.1) is 6.04 Å². The molecule has 104 valence electrons. The minimum atomic E-state index is 0.169. The number of benzene rings is 2. The Kier molecular flexibility index (Phi) is 3.55. The van der Waals surface area contributed by atoms with E-state index in [1.54, 1.807) is 0 Å². The fraction of sp³-hybridized carbons (Fsp3) is 0.294. The van der Waals surface area contributed by atoms with Crippen molar-refractivity contribution in [3.63, 3.8) is 0 Å². The first-order valence-corrected chi connectivity index (χ1v) is 7.94. The summed E-state index contributed by atoms with van der Waals surface area (Å²) in [6.07, 6.45) is 1.07. The molecule has 0 aliphatic heterocycles. The molecule has 1 aliphatic rings. The molecule has 0 aromatic heterocycles. The van der Waals surface area contributed by atoms with Gasteiger partial charge in [0.2, 0.25) is 0 Å². The number of hydrogen-bond donors (Lipinski definition) is 1. The van der Waals surface area contributed by atoms with E-state index in [9.17, 15) is 0 Å². The van der Waals surface area contributed by atoms with E-state index >= 15 is 0 Å². The molecular weight excluding hydrogens is 334 g/mol. The summed E-state index contributed by atoms with van der Waals surface area (Å²) in [6.45, 7) is 4.60. The van der Waals surface area contributed by atoms with Crippen LogP contribution in [-0.4, -0.2) is 0 Å². The third-order valence-electron chi connectivity index (χ3n) is 4.02. The molecule has 0 amide bonds. The molecule has 1 aliphatic carbocycles. The summed E-state index contributed by atoms with van der Waals surface area (Å²) < 4.78 is 1.09. The molecule has 3 heteroatoms. The summed E-state index contributed by atoms with van der Waals surface area (Å²) in [5.74, 6) is 0. The molecule has 0 radical (unpaired) electrons. The first-order valence-electron chi connectivity index (χ1n) is 6.77. The summed E-state index contributed by atoms with van der Waals surface area (Å²) in [7, 11) is 0. The van der Waals surface area contributed by atoms with Crippen molar-refractivity contribution in [3.05, 3.63) is 63.1 Å². The number of para-hydroxylation sites is 1. The lowest BCUT2D eigenvalue weighted by Gasteiger charge is -2.30. The zero-order valence-electron chi connectivity index (χ0n) is 11.6. The van der Waals surface area contributed by atoms with Crippen molar-refractivity contribution in [2.45, 2.75) is 26.3 Å². The van der Waals surface area contributed by atoms with Gasteiger partial charge in [0.15, 0.2) is 0 Å². The van der Waals surface area contributed by atoms with Gasteiger partial charge in [-0.15, -0.1) is 0 Å². The van der Waals surface area contributed by atoms with Crippen molar-refractivity contribution in [1.29, 1.82) is 0 Å². The highest BCUT2D eigenvalue weighted by molar-refractivity contribution is 9.10. The average Bonchev–Trinajstić information content (AvgIpc) is 2.63. The molecule has 0 saturated heterocycles. The van der Waals surface area contributed by atoms with Gasteiger partial charge >= 0.3 is 0 Å². The Bertz CT molecular complexity index is 651. The van der Waals surface area contributed by atoms with Crippen molar-refractivity contribution >= 4 is 33.2 Å². The lowest BCUT2D eigenvalue weighted by atomic mass is 9.85. The quantitative estimate of drug-likeness (QED) is 0.717. The highest BCUT2D eigenvalue weighted by Crippen LogP contribution is 2.48. The molecule has 0 spiro atoms. The van der Waals surface area contributed by atoms with E-state index in [4.69, 9.17) is 11.6 Å². The van der Waals surface area contributed by atoms with Gasteiger partial charge in [-0.3, -0.25) is 0 Å². The molecule has 2 aromatic carbocycles. The molecule has 0 fully saturated rings. The zero-order valence-corrected chi connectivity index (χ0v) is 13.9. The van der Waals surface area contributed by atoms with Crippen LogP contribution in [-0.2, 0) is 6.42 Å². The fourth-order valence-corrected chi connectivity index (χ4v) is 3.60. The zero-order chi connectivity index (χ0) is 14.3. The van der Waals surface area contributed by atoms with Crippen LogP contribution in [0.1, 0.15) is 31.0 Å². The van der Waals surface area contributed by atoms with Crippen molar-refractivity contribution in [2.75, 3.05) is 5.32 Å². The van der Waals surface area contributed by atoms with Gasteiger partial charge in [-0.1, -0.05) is 43.6 Å². The van der Waals surface area contributed by atoms with Crippen molar-refractivity contribution < 1.29 is 0 Å². The average molecular weight is 351 g/mol. The molecule has 1 nitrogen and oxygen atoms in total.